The van der Waals surface area contributed by atoms with E-state index in [1.807, 2.05) is 42.5 Å². The molecule has 4 amide bonds. The van der Waals surface area contributed by atoms with E-state index in [-0.39, 0.29) is 24.9 Å². The Kier molecular flexibility index (Phi) is 5.56. The smallest absolute Gasteiger partial charge is 0.325 e. The van der Waals surface area contributed by atoms with Gasteiger partial charge in [-0.1, -0.05) is 46.3 Å². The van der Waals surface area contributed by atoms with Gasteiger partial charge < -0.3 is 10.3 Å². The molecule has 1 saturated heterocycles. The fourth-order valence-corrected chi connectivity index (χ4v) is 3.71. The molecule has 1 unspecified atom stereocenters. The largest absolute Gasteiger partial charge is 0.331 e. The molecule has 8 nitrogen and oxygen atoms in total. The number of nitrogens with one attached hydrogen (secondary N) is 2. The van der Waals surface area contributed by atoms with Crippen LogP contribution in [0.2, 0.25) is 0 Å². The third-order valence-corrected chi connectivity index (χ3v) is 5.38. The molecule has 0 radical (unpaired) electrons. The van der Waals surface area contributed by atoms with E-state index in [4.69, 9.17) is 0 Å². The van der Waals surface area contributed by atoms with Crippen LogP contribution in [0.25, 0.3) is 0 Å². The van der Waals surface area contributed by atoms with Crippen molar-refractivity contribution in [2.24, 2.45) is 0 Å². The number of benzene rings is 2. The first-order chi connectivity index (χ1) is 14.4. The summed E-state index contributed by atoms with van der Waals surface area (Å²) in [6.45, 7) is -0.0656. The summed E-state index contributed by atoms with van der Waals surface area (Å²) in [6.07, 6.45) is 1.66. The van der Waals surface area contributed by atoms with Crippen LogP contribution in [0.4, 0.5) is 10.5 Å². The maximum Gasteiger partial charge on any atom is 0.331 e. The van der Waals surface area contributed by atoms with Crippen molar-refractivity contribution in [2.45, 2.75) is 12.6 Å². The van der Waals surface area contributed by atoms with Gasteiger partial charge in [0, 0.05) is 23.4 Å². The number of rotatable bonds is 5. The molecule has 154 valence electrons. The molecule has 2 aromatic carbocycles. The van der Waals surface area contributed by atoms with Crippen molar-refractivity contribution in [2.75, 3.05) is 18.9 Å². The zero-order valence-corrected chi connectivity index (χ0v) is 17.8. The number of hydrazine groups is 1. The number of imide groups is 1. The lowest BCUT2D eigenvalue weighted by Crippen LogP contribution is -2.60. The number of nitrogens with zero attached hydrogens (tertiary/aromatic N) is 3. The number of hydrogen-bond acceptors (Lipinski definition) is 5. The predicted octanol–water partition coefficient (Wildman–Crippen LogP) is 2.51. The summed E-state index contributed by atoms with van der Waals surface area (Å²) in [6, 6.07) is 15.2. The van der Waals surface area contributed by atoms with Crippen LogP contribution in [0.5, 0.6) is 0 Å². The number of carbonyl (C=O) groups excluding carboxylic acids is 3. The minimum Gasteiger partial charge on any atom is -0.325 e. The quantitative estimate of drug-likeness (QED) is 0.702. The van der Waals surface area contributed by atoms with Gasteiger partial charge in [0.15, 0.2) is 0 Å². The molecule has 2 aliphatic heterocycles. The maximum absolute atomic E-state index is 13.2. The highest BCUT2D eigenvalue weighted by molar-refractivity contribution is 9.10. The molecular formula is C21H20BrN5O3. The summed E-state index contributed by atoms with van der Waals surface area (Å²) < 4.78 is 0.898. The SMILES string of the molecule is CN1C=C2C(N1)C(=O)N(Cc1ccccc1)C(=O)N2CC(=O)Nc1ccc(Br)cc1. The molecule has 2 N–H and O–H groups in total. The predicted molar refractivity (Wildman–Crippen MR) is 115 cm³/mol. The molecule has 2 heterocycles. The second-order valence-corrected chi connectivity index (χ2v) is 7.98. The lowest BCUT2D eigenvalue weighted by Gasteiger charge is -2.37. The van der Waals surface area contributed by atoms with Crippen molar-refractivity contribution < 1.29 is 14.4 Å². The summed E-state index contributed by atoms with van der Waals surface area (Å²) in [4.78, 5) is 41.3. The zero-order valence-electron chi connectivity index (χ0n) is 16.2. The van der Waals surface area contributed by atoms with Crippen LogP contribution in [0.15, 0.2) is 71.0 Å². The van der Waals surface area contributed by atoms with Crippen LogP contribution >= 0.6 is 15.9 Å². The summed E-state index contributed by atoms with van der Waals surface area (Å²) in [7, 11) is 1.74. The van der Waals surface area contributed by atoms with Gasteiger partial charge >= 0.3 is 6.03 Å². The number of hydrogen-bond donors (Lipinski definition) is 2. The Balaban J connectivity index is 1.55. The molecule has 0 bridgehead atoms. The van der Waals surface area contributed by atoms with E-state index < -0.39 is 12.1 Å². The van der Waals surface area contributed by atoms with Crippen LogP contribution in [-0.4, -0.2) is 52.3 Å². The van der Waals surface area contributed by atoms with Gasteiger partial charge in [-0.2, -0.15) is 0 Å². The van der Waals surface area contributed by atoms with Crippen molar-refractivity contribution in [1.29, 1.82) is 0 Å². The average molecular weight is 470 g/mol. The van der Waals surface area contributed by atoms with E-state index in [2.05, 4.69) is 26.7 Å². The molecule has 1 fully saturated rings. The Labute approximate surface area is 182 Å². The van der Waals surface area contributed by atoms with E-state index in [1.54, 1.807) is 30.4 Å². The Morgan fingerprint density at radius 3 is 2.47 bits per heavy atom. The number of fused-ring (bicyclic) bond motifs is 1. The second-order valence-electron chi connectivity index (χ2n) is 7.06. The molecule has 1 atom stereocenters. The van der Waals surface area contributed by atoms with Gasteiger partial charge in [-0.25, -0.2) is 10.2 Å². The molecule has 0 spiro atoms. The normalized spacial score (nSPS) is 18.4. The number of carbonyl (C=O) groups is 3. The topological polar surface area (TPSA) is 85.0 Å². The lowest BCUT2D eigenvalue weighted by atomic mass is 10.1. The van der Waals surface area contributed by atoms with Crippen LogP contribution in [0.3, 0.4) is 0 Å². The Bertz CT molecular complexity index is 1010. The lowest BCUT2D eigenvalue weighted by molar-refractivity contribution is -0.133. The van der Waals surface area contributed by atoms with Gasteiger partial charge in [0.05, 0.1) is 12.2 Å². The van der Waals surface area contributed by atoms with E-state index in [9.17, 15) is 14.4 Å². The molecule has 0 aromatic heterocycles. The van der Waals surface area contributed by atoms with Crippen LogP contribution in [0, 0.1) is 0 Å². The Hall–Kier alpha value is -3.17. The van der Waals surface area contributed by atoms with Gasteiger partial charge in [0.2, 0.25) is 5.91 Å². The van der Waals surface area contributed by atoms with Crippen molar-refractivity contribution in [3.05, 3.63) is 76.5 Å². The number of halogens is 1. The zero-order chi connectivity index (χ0) is 21.3. The first-order valence-corrected chi connectivity index (χ1v) is 10.1. The summed E-state index contributed by atoms with van der Waals surface area (Å²) in [5, 5.41) is 4.41. The first-order valence-electron chi connectivity index (χ1n) is 9.35. The molecule has 30 heavy (non-hydrogen) atoms. The summed E-state index contributed by atoms with van der Waals surface area (Å²) in [5.41, 5.74) is 4.93. The van der Waals surface area contributed by atoms with Crippen molar-refractivity contribution in [1.82, 2.24) is 20.2 Å². The highest BCUT2D eigenvalue weighted by atomic mass is 79.9. The minimum absolute atomic E-state index is 0.137. The maximum atomic E-state index is 13.2. The molecular weight excluding hydrogens is 450 g/mol. The molecule has 0 saturated carbocycles. The van der Waals surface area contributed by atoms with Gasteiger partial charge in [-0.15, -0.1) is 0 Å². The second kappa shape index (κ2) is 8.29. The summed E-state index contributed by atoms with van der Waals surface area (Å²) >= 11 is 3.35. The standard InChI is InChI=1S/C21H20BrN5O3/c1-25-12-17-19(24-25)20(29)27(11-14-5-3-2-4-6-14)21(30)26(17)13-18(28)23-16-9-7-15(22)8-10-16/h2-10,12,19,24H,11,13H2,1H3,(H,23,28). The third-order valence-electron chi connectivity index (χ3n) is 4.85. The average Bonchev–Trinajstić information content (AvgIpc) is 3.13. The van der Waals surface area contributed by atoms with E-state index >= 15 is 0 Å². The Morgan fingerprint density at radius 1 is 1.07 bits per heavy atom. The fourth-order valence-electron chi connectivity index (χ4n) is 3.44. The molecule has 2 aliphatic rings. The third kappa shape index (κ3) is 4.07. The van der Waals surface area contributed by atoms with Crippen LogP contribution < -0.4 is 10.7 Å². The summed E-state index contributed by atoms with van der Waals surface area (Å²) in [5.74, 6) is -0.696. The molecule has 4 rings (SSSR count). The van der Waals surface area contributed by atoms with E-state index in [0.29, 0.717) is 11.4 Å². The highest BCUT2D eigenvalue weighted by Crippen LogP contribution is 2.27. The Morgan fingerprint density at radius 2 is 1.77 bits per heavy atom. The number of amides is 4. The van der Waals surface area contributed by atoms with Crippen LogP contribution in [0.1, 0.15) is 5.56 Å². The van der Waals surface area contributed by atoms with Crippen molar-refractivity contribution in [3.8, 4) is 0 Å². The van der Waals surface area contributed by atoms with E-state index in [0.717, 1.165) is 10.0 Å². The molecule has 0 aliphatic carbocycles. The van der Waals surface area contributed by atoms with Gasteiger partial charge in [-0.05, 0) is 29.8 Å². The van der Waals surface area contributed by atoms with Gasteiger partial charge in [0.25, 0.3) is 5.91 Å². The fraction of sp³-hybridized carbons (Fsp3) is 0.190. The molecule has 2 aromatic rings. The first kappa shape index (κ1) is 20.1. The number of urea groups is 1. The van der Waals surface area contributed by atoms with Gasteiger partial charge in [0.1, 0.15) is 12.6 Å². The highest BCUT2D eigenvalue weighted by Gasteiger charge is 2.46. The van der Waals surface area contributed by atoms with Crippen molar-refractivity contribution in [3.63, 3.8) is 0 Å². The van der Waals surface area contributed by atoms with Crippen molar-refractivity contribution >= 4 is 39.5 Å². The number of anilines is 1. The molecule has 9 heteroatoms. The van der Waals surface area contributed by atoms with E-state index in [1.165, 1.54) is 9.80 Å². The minimum atomic E-state index is -0.711. The monoisotopic (exact) mass is 469 g/mol. The van der Waals surface area contributed by atoms with Gasteiger partial charge in [-0.3, -0.25) is 19.4 Å². The van der Waals surface area contributed by atoms with Crippen LogP contribution in [-0.2, 0) is 16.1 Å².